The van der Waals surface area contributed by atoms with Crippen LogP contribution in [0.3, 0.4) is 0 Å². The maximum Gasteiger partial charge on any atom is 0.508 e. The first-order chi connectivity index (χ1) is 24.9. The van der Waals surface area contributed by atoms with Crippen LogP contribution in [0.15, 0.2) is 71.9 Å². The van der Waals surface area contributed by atoms with Crippen molar-refractivity contribution in [1.29, 1.82) is 0 Å². The van der Waals surface area contributed by atoms with Crippen LogP contribution in [0.1, 0.15) is 52.0 Å². The zero-order valence-corrected chi connectivity index (χ0v) is 30.0. The normalized spacial score (nSPS) is 11.3. The highest BCUT2D eigenvalue weighted by atomic mass is 32.2. The van der Waals surface area contributed by atoms with Crippen LogP contribution >= 0.6 is 0 Å². The number of hydrogen-bond acceptors (Lipinski definition) is 15. The number of carbonyl (C=O) groups is 1. The molecule has 1 N–H and O–H groups in total. The summed E-state index contributed by atoms with van der Waals surface area (Å²) in [4.78, 5) is 43.8. The Bertz CT molecular complexity index is 1890. The molecule has 0 aliphatic heterocycles. The second-order valence-corrected chi connectivity index (χ2v) is 13.7. The molecule has 2 aromatic carbocycles. The predicted molar refractivity (Wildman–Crippen MR) is 186 cm³/mol. The molecule has 278 valence electrons. The SMILES string of the molecule is COc1ccccc1Oc1c(NS(=O)(=O)c2ccc(C(C)(C)C)cc2)nc(-c2ncccn2)nc1OCCOC(=O)OCCCCCCO[N+](=O)[O-]. The molecule has 4 aromatic rings. The number of hydrogen-bond donors (Lipinski definition) is 1. The van der Waals surface area contributed by atoms with Crippen molar-refractivity contribution in [2.75, 3.05) is 38.3 Å². The number of para-hydroxylation sites is 2. The number of benzene rings is 2. The van der Waals surface area contributed by atoms with E-state index in [1.807, 2.05) is 20.8 Å². The van der Waals surface area contributed by atoms with E-state index in [9.17, 15) is 23.3 Å². The largest absolute Gasteiger partial charge is 0.508 e. The average Bonchev–Trinajstić information content (AvgIpc) is 3.12. The number of aromatic nitrogens is 4. The van der Waals surface area contributed by atoms with E-state index in [1.54, 1.807) is 42.5 Å². The van der Waals surface area contributed by atoms with E-state index in [0.717, 1.165) is 5.56 Å². The van der Waals surface area contributed by atoms with Crippen molar-refractivity contribution >= 4 is 22.0 Å². The molecule has 2 aromatic heterocycles. The Balaban J connectivity index is 1.56. The van der Waals surface area contributed by atoms with Gasteiger partial charge in [-0.05, 0) is 60.6 Å². The van der Waals surface area contributed by atoms with Crippen molar-refractivity contribution in [1.82, 2.24) is 19.9 Å². The molecule has 0 aliphatic carbocycles. The van der Waals surface area contributed by atoms with Crippen molar-refractivity contribution in [2.45, 2.75) is 56.8 Å². The Hall–Kier alpha value is -5.78. The lowest BCUT2D eigenvalue weighted by molar-refractivity contribution is -0.757. The molecule has 0 saturated heterocycles. The number of sulfonamides is 1. The number of unbranched alkanes of at least 4 members (excludes halogenated alkanes) is 3. The third-order valence-electron chi connectivity index (χ3n) is 7.14. The highest BCUT2D eigenvalue weighted by Crippen LogP contribution is 2.41. The van der Waals surface area contributed by atoms with E-state index >= 15 is 0 Å². The van der Waals surface area contributed by atoms with Crippen LogP contribution in [0.25, 0.3) is 11.6 Å². The van der Waals surface area contributed by atoms with Gasteiger partial charge in [0, 0.05) is 12.4 Å². The van der Waals surface area contributed by atoms with E-state index in [4.69, 9.17) is 23.7 Å². The summed E-state index contributed by atoms with van der Waals surface area (Å²) in [6.45, 7) is 5.63. The lowest BCUT2D eigenvalue weighted by Gasteiger charge is -2.20. The molecule has 0 spiro atoms. The fourth-order valence-corrected chi connectivity index (χ4v) is 5.50. The van der Waals surface area contributed by atoms with Gasteiger partial charge in [0.2, 0.25) is 11.6 Å². The van der Waals surface area contributed by atoms with Crippen LogP contribution in [0, 0.1) is 10.1 Å². The molecular formula is C34H40N6O11S. The first-order valence-electron chi connectivity index (χ1n) is 16.2. The van der Waals surface area contributed by atoms with Gasteiger partial charge in [-0.2, -0.15) is 4.98 Å². The molecule has 18 heteroatoms. The molecule has 0 aliphatic rings. The Morgan fingerprint density at radius 1 is 0.827 bits per heavy atom. The number of nitrogens with zero attached hydrogens (tertiary/aromatic N) is 5. The van der Waals surface area contributed by atoms with Crippen molar-refractivity contribution in [3.05, 3.63) is 82.7 Å². The standard InChI is InChI=1S/C34H40N6O11S/c1-34(2,3)24-14-16-25(17-15-24)52(44,45)39-29-28(51-27-13-8-7-12-26(27)46-4)32(38-31(37-29)30-35-18-11-19-36-30)47-22-23-49-33(41)48-20-9-5-6-10-21-50-40(42)43/h7-8,11-19H,5-6,9-10,20-23H2,1-4H3,(H,37,38,39). The first-order valence-corrected chi connectivity index (χ1v) is 17.7. The molecule has 0 unspecified atom stereocenters. The summed E-state index contributed by atoms with van der Waals surface area (Å²) in [5, 5.41) is 9.35. The van der Waals surface area contributed by atoms with Gasteiger partial charge in [0.05, 0.1) is 25.2 Å². The number of methoxy groups -OCH3 is 1. The fourth-order valence-electron chi connectivity index (χ4n) is 4.49. The molecule has 0 saturated carbocycles. The van der Waals surface area contributed by atoms with E-state index < -0.39 is 21.3 Å². The molecule has 0 radical (unpaired) electrons. The number of rotatable bonds is 19. The quantitative estimate of drug-likeness (QED) is 0.0495. The average molecular weight is 741 g/mol. The van der Waals surface area contributed by atoms with Crippen molar-refractivity contribution in [2.24, 2.45) is 0 Å². The van der Waals surface area contributed by atoms with Gasteiger partial charge < -0.3 is 28.5 Å². The summed E-state index contributed by atoms with van der Waals surface area (Å²) >= 11 is 0. The van der Waals surface area contributed by atoms with Crippen LogP contribution in [0.4, 0.5) is 10.6 Å². The third kappa shape index (κ3) is 11.6. The monoisotopic (exact) mass is 740 g/mol. The van der Waals surface area contributed by atoms with E-state index in [2.05, 4.69) is 29.5 Å². The van der Waals surface area contributed by atoms with Gasteiger partial charge in [0.15, 0.2) is 23.1 Å². The van der Waals surface area contributed by atoms with Gasteiger partial charge in [-0.15, -0.1) is 10.1 Å². The van der Waals surface area contributed by atoms with Crippen LogP contribution < -0.4 is 18.9 Å². The Morgan fingerprint density at radius 3 is 2.13 bits per heavy atom. The fraction of sp³-hybridized carbons (Fsp3) is 0.382. The number of anilines is 1. The summed E-state index contributed by atoms with van der Waals surface area (Å²) in [7, 11) is -2.80. The first kappa shape index (κ1) is 39.0. The molecular weight excluding hydrogens is 700 g/mol. The second kappa shape index (κ2) is 18.5. The van der Waals surface area contributed by atoms with Crippen LogP contribution in [0.2, 0.25) is 0 Å². The summed E-state index contributed by atoms with van der Waals surface area (Å²) < 4.78 is 57.7. The molecule has 0 fully saturated rings. The minimum atomic E-state index is -4.25. The second-order valence-electron chi connectivity index (χ2n) is 12.0. The molecule has 0 bridgehead atoms. The van der Waals surface area contributed by atoms with E-state index in [-0.39, 0.29) is 71.6 Å². The van der Waals surface area contributed by atoms with E-state index in [1.165, 1.54) is 31.6 Å². The molecule has 0 atom stereocenters. The Labute approximate surface area is 300 Å². The van der Waals surface area contributed by atoms with Gasteiger partial charge in [-0.1, -0.05) is 51.5 Å². The molecule has 4 rings (SSSR count). The zero-order chi connectivity index (χ0) is 37.6. The minimum absolute atomic E-state index is 0.00651. The number of carbonyl (C=O) groups excluding carboxylic acids is 1. The number of ether oxygens (including phenoxy) is 5. The minimum Gasteiger partial charge on any atom is -0.493 e. The summed E-state index contributed by atoms with van der Waals surface area (Å²) in [5.41, 5.74) is 0.742. The van der Waals surface area contributed by atoms with Crippen LogP contribution in [-0.4, -0.2) is 73.1 Å². The van der Waals surface area contributed by atoms with Gasteiger partial charge in [0.25, 0.3) is 21.0 Å². The summed E-state index contributed by atoms with van der Waals surface area (Å²) in [5.74, 6) is -0.227. The van der Waals surface area contributed by atoms with Crippen molar-refractivity contribution in [3.63, 3.8) is 0 Å². The Kier molecular flexibility index (Phi) is 13.8. The Morgan fingerprint density at radius 2 is 1.48 bits per heavy atom. The summed E-state index contributed by atoms with van der Waals surface area (Å²) in [6, 6.07) is 14.7. The van der Waals surface area contributed by atoms with Gasteiger partial charge >= 0.3 is 6.16 Å². The maximum atomic E-state index is 13.8. The van der Waals surface area contributed by atoms with Gasteiger partial charge in [-0.3, -0.25) is 4.72 Å². The highest BCUT2D eigenvalue weighted by Gasteiger charge is 2.26. The lowest BCUT2D eigenvalue weighted by atomic mass is 9.87. The molecule has 52 heavy (non-hydrogen) atoms. The third-order valence-corrected chi connectivity index (χ3v) is 8.50. The highest BCUT2D eigenvalue weighted by molar-refractivity contribution is 7.92. The van der Waals surface area contributed by atoms with Crippen molar-refractivity contribution < 1.29 is 46.8 Å². The number of nitrogens with one attached hydrogen (secondary N) is 1. The van der Waals surface area contributed by atoms with Gasteiger partial charge in [0.1, 0.15) is 13.2 Å². The topological polar surface area (TPSA) is 213 Å². The van der Waals surface area contributed by atoms with Crippen LogP contribution in [0.5, 0.6) is 23.1 Å². The predicted octanol–water partition coefficient (Wildman–Crippen LogP) is 6.13. The summed E-state index contributed by atoms with van der Waals surface area (Å²) in [6.07, 6.45) is 4.36. The maximum absolute atomic E-state index is 13.8. The van der Waals surface area contributed by atoms with Crippen molar-refractivity contribution in [3.8, 4) is 34.8 Å². The molecule has 2 heterocycles. The molecule has 17 nitrogen and oxygen atoms in total. The van der Waals surface area contributed by atoms with E-state index in [0.29, 0.717) is 31.4 Å². The van der Waals surface area contributed by atoms with Crippen LogP contribution in [-0.2, 0) is 29.7 Å². The zero-order valence-electron chi connectivity index (χ0n) is 29.1. The van der Waals surface area contributed by atoms with Gasteiger partial charge in [-0.25, -0.2) is 28.2 Å². The lowest BCUT2D eigenvalue weighted by Crippen LogP contribution is -2.18. The molecule has 0 amide bonds. The smallest absolute Gasteiger partial charge is 0.493 e.